The highest BCUT2D eigenvalue weighted by Crippen LogP contribution is 2.38. The summed E-state index contributed by atoms with van der Waals surface area (Å²) in [7, 11) is 1.58. The van der Waals surface area contributed by atoms with Crippen LogP contribution in [-0.2, 0) is 0 Å². The topological polar surface area (TPSA) is 85.3 Å². The molecular weight excluding hydrogens is 362 g/mol. The number of nitriles is 2. The highest BCUT2D eigenvalue weighted by Gasteiger charge is 2.36. The number of hydrogen-bond donors (Lipinski definition) is 0. The van der Waals surface area contributed by atoms with Crippen molar-refractivity contribution < 1.29 is 4.74 Å². The zero-order valence-corrected chi connectivity index (χ0v) is 16.7. The van der Waals surface area contributed by atoms with E-state index >= 15 is 0 Å². The molecule has 6 heteroatoms. The number of methoxy groups -OCH3 is 1. The van der Waals surface area contributed by atoms with Gasteiger partial charge in [-0.25, -0.2) is 9.99 Å². The minimum atomic E-state index is 0.258. The molecule has 29 heavy (non-hydrogen) atoms. The zero-order valence-electron chi connectivity index (χ0n) is 16.7. The van der Waals surface area contributed by atoms with Crippen molar-refractivity contribution in [3.63, 3.8) is 0 Å². The third-order valence-corrected chi connectivity index (χ3v) is 5.97. The molecule has 2 heterocycles. The summed E-state index contributed by atoms with van der Waals surface area (Å²) >= 11 is 0. The Bertz CT molecular complexity index is 1040. The lowest BCUT2D eigenvalue weighted by Crippen LogP contribution is -2.33. The summed E-state index contributed by atoms with van der Waals surface area (Å²) in [6.45, 7) is 1.86. The molecule has 1 aromatic heterocycles. The largest absolute Gasteiger partial charge is 0.495 e. The molecule has 4 rings (SSSR count). The summed E-state index contributed by atoms with van der Waals surface area (Å²) in [5.74, 6) is 1.93. The SMILES string of the molecule is COc1cc(C2=NN(c3ccc(C#N)c(C)n3)[C@@H](C3CCCC3)C2)ccc1C#N. The molecule has 1 aliphatic heterocycles. The second-order valence-corrected chi connectivity index (χ2v) is 7.65. The maximum atomic E-state index is 9.25. The molecule has 0 radical (unpaired) electrons. The average molecular weight is 385 g/mol. The van der Waals surface area contributed by atoms with Gasteiger partial charge in [-0.15, -0.1) is 0 Å². The van der Waals surface area contributed by atoms with E-state index in [1.165, 1.54) is 25.7 Å². The first-order valence-electron chi connectivity index (χ1n) is 9.97. The lowest BCUT2D eigenvalue weighted by Gasteiger charge is -2.27. The van der Waals surface area contributed by atoms with Gasteiger partial charge in [-0.3, -0.25) is 0 Å². The predicted octanol–water partition coefficient (Wildman–Crippen LogP) is 4.32. The molecule has 0 N–H and O–H groups in total. The van der Waals surface area contributed by atoms with Gasteiger partial charge in [0.25, 0.3) is 0 Å². The van der Waals surface area contributed by atoms with E-state index in [1.54, 1.807) is 13.2 Å². The second kappa shape index (κ2) is 7.93. The molecule has 1 saturated carbocycles. The summed E-state index contributed by atoms with van der Waals surface area (Å²) in [4.78, 5) is 4.67. The van der Waals surface area contributed by atoms with Crippen LogP contribution in [-0.4, -0.2) is 23.8 Å². The van der Waals surface area contributed by atoms with Crippen LogP contribution in [0.1, 0.15) is 54.5 Å². The van der Waals surface area contributed by atoms with Gasteiger partial charge in [0, 0.05) is 12.0 Å². The highest BCUT2D eigenvalue weighted by molar-refractivity contribution is 6.03. The average Bonchev–Trinajstić information content (AvgIpc) is 3.43. The van der Waals surface area contributed by atoms with Gasteiger partial charge in [-0.05, 0) is 49.9 Å². The molecule has 0 saturated heterocycles. The molecule has 1 aromatic carbocycles. The number of pyridine rings is 1. The summed E-state index contributed by atoms with van der Waals surface area (Å²) in [5.41, 5.74) is 3.78. The summed E-state index contributed by atoms with van der Waals surface area (Å²) < 4.78 is 5.38. The summed E-state index contributed by atoms with van der Waals surface area (Å²) in [6, 6.07) is 13.9. The molecule has 0 unspecified atom stereocenters. The number of benzene rings is 1. The number of rotatable bonds is 4. The van der Waals surface area contributed by atoms with Crippen LogP contribution in [0.3, 0.4) is 0 Å². The molecule has 1 atom stereocenters. The van der Waals surface area contributed by atoms with Gasteiger partial charge in [0.1, 0.15) is 23.7 Å². The number of aromatic nitrogens is 1. The fourth-order valence-corrected chi connectivity index (χ4v) is 4.39. The van der Waals surface area contributed by atoms with Crippen molar-refractivity contribution in [3.05, 3.63) is 52.7 Å². The minimum Gasteiger partial charge on any atom is -0.495 e. The van der Waals surface area contributed by atoms with Crippen molar-refractivity contribution in [2.45, 2.75) is 45.1 Å². The van der Waals surface area contributed by atoms with Crippen LogP contribution >= 0.6 is 0 Å². The van der Waals surface area contributed by atoms with E-state index in [1.807, 2.05) is 36.2 Å². The normalized spacial score (nSPS) is 19.0. The Morgan fingerprint density at radius 2 is 1.79 bits per heavy atom. The fourth-order valence-electron chi connectivity index (χ4n) is 4.39. The highest BCUT2D eigenvalue weighted by atomic mass is 16.5. The molecule has 2 aliphatic rings. The Labute approximate surface area is 171 Å². The van der Waals surface area contributed by atoms with E-state index in [4.69, 9.17) is 9.84 Å². The number of hydrazone groups is 1. The molecule has 1 fully saturated rings. The number of anilines is 1. The van der Waals surface area contributed by atoms with E-state index in [9.17, 15) is 10.5 Å². The molecule has 0 spiro atoms. The van der Waals surface area contributed by atoms with Crippen LogP contribution in [0.25, 0.3) is 0 Å². The van der Waals surface area contributed by atoms with Gasteiger partial charge in [0.2, 0.25) is 0 Å². The number of nitrogens with zero attached hydrogens (tertiary/aromatic N) is 5. The second-order valence-electron chi connectivity index (χ2n) is 7.65. The van der Waals surface area contributed by atoms with Crippen molar-refractivity contribution in [1.29, 1.82) is 10.5 Å². The Hall–Kier alpha value is -3.38. The Morgan fingerprint density at radius 1 is 1.07 bits per heavy atom. The quantitative estimate of drug-likeness (QED) is 0.782. The van der Waals surface area contributed by atoms with Crippen molar-refractivity contribution in [2.24, 2.45) is 11.0 Å². The molecule has 0 bridgehead atoms. The minimum absolute atomic E-state index is 0.258. The van der Waals surface area contributed by atoms with Crippen LogP contribution in [0.2, 0.25) is 0 Å². The van der Waals surface area contributed by atoms with E-state index < -0.39 is 0 Å². The molecule has 2 aromatic rings. The standard InChI is InChI=1S/C23H23N5O/c1-15-18(13-24)9-10-23(26-15)28-21(16-5-3-4-6-16)12-20(27-28)17-7-8-19(14-25)22(11-17)29-2/h7-11,16,21H,3-6,12H2,1-2H3/t21-/m1/s1. The van der Waals surface area contributed by atoms with Crippen LogP contribution in [0, 0.1) is 35.5 Å². The van der Waals surface area contributed by atoms with Gasteiger partial charge >= 0.3 is 0 Å². The van der Waals surface area contributed by atoms with Crippen LogP contribution in [0.5, 0.6) is 5.75 Å². The number of aryl methyl sites for hydroxylation is 1. The summed E-state index contributed by atoms with van der Waals surface area (Å²) in [6.07, 6.45) is 5.76. The molecule has 1 aliphatic carbocycles. The van der Waals surface area contributed by atoms with E-state index in [0.29, 0.717) is 22.8 Å². The smallest absolute Gasteiger partial charge is 0.149 e. The lowest BCUT2D eigenvalue weighted by molar-refractivity contribution is 0.413. The van der Waals surface area contributed by atoms with Gasteiger partial charge in [-0.2, -0.15) is 15.6 Å². The van der Waals surface area contributed by atoms with E-state index in [2.05, 4.69) is 17.1 Å². The Balaban J connectivity index is 1.73. The third kappa shape index (κ3) is 3.54. The van der Waals surface area contributed by atoms with Gasteiger partial charge < -0.3 is 4.74 Å². The maximum absolute atomic E-state index is 9.25. The van der Waals surface area contributed by atoms with Crippen molar-refractivity contribution >= 4 is 11.5 Å². The maximum Gasteiger partial charge on any atom is 0.149 e. The third-order valence-electron chi connectivity index (χ3n) is 5.97. The van der Waals surface area contributed by atoms with Crippen LogP contribution in [0.15, 0.2) is 35.4 Å². The molecule has 0 amide bonds. The first-order chi connectivity index (χ1) is 14.1. The number of hydrogen-bond acceptors (Lipinski definition) is 6. The molecular formula is C23H23N5O. The lowest BCUT2D eigenvalue weighted by atomic mass is 9.92. The first kappa shape index (κ1) is 19.0. The van der Waals surface area contributed by atoms with E-state index in [0.717, 1.165) is 29.2 Å². The predicted molar refractivity (Wildman–Crippen MR) is 111 cm³/mol. The number of ether oxygens (including phenoxy) is 1. The fraction of sp³-hybridized carbons (Fsp3) is 0.391. The Morgan fingerprint density at radius 3 is 2.45 bits per heavy atom. The van der Waals surface area contributed by atoms with Gasteiger partial charge in [0.05, 0.1) is 35.7 Å². The van der Waals surface area contributed by atoms with Crippen molar-refractivity contribution in [2.75, 3.05) is 12.1 Å². The van der Waals surface area contributed by atoms with E-state index in [-0.39, 0.29) is 6.04 Å². The molecule has 146 valence electrons. The molecule has 6 nitrogen and oxygen atoms in total. The van der Waals surface area contributed by atoms with Gasteiger partial charge in [0.15, 0.2) is 0 Å². The van der Waals surface area contributed by atoms with Crippen LogP contribution in [0.4, 0.5) is 5.82 Å². The monoisotopic (exact) mass is 385 g/mol. The summed E-state index contributed by atoms with van der Waals surface area (Å²) in [5, 5.41) is 25.5. The first-order valence-corrected chi connectivity index (χ1v) is 9.97. The Kier molecular flexibility index (Phi) is 5.18. The van der Waals surface area contributed by atoms with Crippen molar-refractivity contribution in [3.8, 4) is 17.9 Å². The van der Waals surface area contributed by atoms with Crippen LogP contribution < -0.4 is 9.75 Å². The van der Waals surface area contributed by atoms with Crippen molar-refractivity contribution in [1.82, 2.24) is 4.98 Å². The van der Waals surface area contributed by atoms with Gasteiger partial charge in [-0.1, -0.05) is 18.9 Å². The zero-order chi connectivity index (χ0) is 20.4.